The summed E-state index contributed by atoms with van der Waals surface area (Å²) in [6.45, 7) is 5.13. The van der Waals surface area contributed by atoms with Gasteiger partial charge in [0.15, 0.2) is 5.82 Å². The molecule has 8 nitrogen and oxygen atoms in total. The van der Waals surface area contributed by atoms with Crippen molar-refractivity contribution in [3.63, 3.8) is 0 Å². The Hall–Kier alpha value is -3.74. The van der Waals surface area contributed by atoms with Crippen LogP contribution in [-0.2, 0) is 11.2 Å². The molecule has 0 bridgehead atoms. The zero-order valence-electron chi connectivity index (χ0n) is 25.8. The molecule has 12 heteroatoms. The predicted molar refractivity (Wildman–Crippen MR) is 166 cm³/mol. The molecule has 0 aliphatic carbocycles. The molecule has 1 unspecified atom stereocenters. The average molecular weight is 641 g/mol. The van der Waals surface area contributed by atoms with E-state index in [4.69, 9.17) is 9.47 Å². The second-order valence-electron chi connectivity index (χ2n) is 13.1. The van der Waals surface area contributed by atoms with Crippen molar-refractivity contribution in [2.24, 2.45) is 0 Å². The van der Waals surface area contributed by atoms with Crippen molar-refractivity contribution in [1.82, 2.24) is 14.9 Å². The lowest BCUT2D eigenvalue weighted by molar-refractivity contribution is -0.0123. The van der Waals surface area contributed by atoms with Crippen LogP contribution in [0, 0.1) is 17.5 Å². The van der Waals surface area contributed by atoms with Crippen LogP contribution in [0.4, 0.5) is 23.4 Å². The SMILES string of the molecule is CCc1c(F)ccc2cc(O)cc(-c3c(F)cc4c(N5CCOCC(C)(O)C5)nc(OC[C@@]56CCCN5C[C@H](F)C6)nc4c3F)c12. The summed E-state index contributed by atoms with van der Waals surface area (Å²) in [5.41, 5.74) is -2.29. The van der Waals surface area contributed by atoms with E-state index >= 15 is 8.78 Å². The zero-order chi connectivity index (χ0) is 32.4. The summed E-state index contributed by atoms with van der Waals surface area (Å²) in [4.78, 5) is 12.8. The Kier molecular flexibility index (Phi) is 7.72. The van der Waals surface area contributed by atoms with Gasteiger partial charge in [-0.15, -0.1) is 0 Å². The number of halogens is 4. The van der Waals surface area contributed by atoms with Gasteiger partial charge < -0.3 is 24.6 Å². The molecule has 3 aliphatic heterocycles. The van der Waals surface area contributed by atoms with Crippen molar-refractivity contribution >= 4 is 27.5 Å². The van der Waals surface area contributed by atoms with Crippen molar-refractivity contribution < 1.29 is 37.2 Å². The second kappa shape index (κ2) is 11.5. The molecule has 3 saturated heterocycles. The quantitative estimate of drug-likeness (QED) is 0.261. The van der Waals surface area contributed by atoms with E-state index in [0.29, 0.717) is 18.4 Å². The van der Waals surface area contributed by atoms with Crippen LogP contribution in [0.5, 0.6) is 11.8 Å². The van der Waals surface area contributed by atoms with Gasteiger partial charge in [-0.1, -0.05) is 13.0 Å². The van der Waals surface area contributed by atoms with E-state index in [0.717, 1.165) is 25.5 Å². The van der Waals surface area contributed by atoms with Crippen molar-refractivity contribution in [2.75, 3.05) is 50.9 Å². The molecule has 3 aliphatic rings. The van der Waals surface area contributed by atoms with Crippen LogP contribution in [0.2, 0.25) is 0 Å². The molecule has 4 aromatic rings. The van der Waals surface area contributed by atoms with Gasteiger partial charge in [0.1, 0.15) is 47.1 Å². The van der Waals surface area contributed by atoms with E-state index in [1.54, 1.807) is 18.7 Å². The molecule has 0 radical (unpaired) electrons. The van der Waals surface area contributed by atoms with E-state index in [2.05, 4.69) is 14.9 Å². The number of ether oxygens (including phenoxy) is 2. The predicted octanol–water partition coefficient (Wildman–Crippen LogP) is 5.68. The number of phenols is 1. The fourth-order valence-corrected chi connectivity index (χ4v) is 7.59. The summed E-state index contributed by atoms with van der Waals surface area (Å²) in [6.07, 6.45) is 1.22. The Morgan fingerprint density at radius 2 is 1.93 bits per heavy atom. The van der Waals surface area contributed by atoms with Crippen molar-refractivity contribution in [2.45, 2.75) is 56.8 Å². The molecule has 3 aromatic carbocycles. The molecule has 0 saturated carbocycles. The molecule has 0 amide bonds. The summed E-state index contributed by atoms with van der Waals surface area (Å²) in [7, 11) is 0. The Morgan fingerprint density at radius 3 is 2.74 bits per heavy atom. The molecule has 46 heavy (non-hydrogen) atoms. The summed E-state index contributed by atoms with van der Waals surface area (Å²) < 4.78 is 74.2. The Balaban J connectivity index is 1.42. The van der Waals surface area contributed by atoms with Crippen molar-refractivity contribution in [3.05, 3.63) is 53.3 Å². The van der Waals surface area contributed by atoms with Gasteiger partial charge in [0.25, 0.3) is 0 Å². The molecular weight excluding hydrogens is 604 g/mol. The van der Waals surface area contributed by atoms with Crippen LogP contribution in [0.3, 0.4) is 0 Å². The Labute approximate surface area is 263 Å². The van der Waals surface area contributed by atoms with Crippen molar-refractivity contribution in [1.29, 1.82) is 0 Å². The largest absolute Gasteiger partial charge is 0.508 e. The first-order valence-electron chi connectivity index (χ1n) is 15.7. The van der Waals surface area contributed by atoms with E-state index in [9.17, 15) is 19.0 Å². The smallest absolute Gasteiger partial charge is 0.319 e. The molecule has 1 aromatic heterocycles. The number of aliphatic hydroxyl groups is 1. The van der Waals surface area contributed by atoms with Crippen LogP contribution >= 0.6 is 0 Å². The maximum Gasteiger partial charge on any atom is 0.319 e. The van der Waals surface area contributed by atoms with Gasteiger partial charge in [-0.25, -0.2) is 17.6 Å². The molecule has 0 spiro atoms. The van der Waals surface area contributed by atoms with Gasteiger partial charge in [-0.2, -0.15) is 9.97 Å². The zero-order valence-corrected chi connectivity index (χ0v) is 25.8. The highest BCUT2D eigenvalue weighted by Gasteiger charge is 2.49. The number of aromatic nitrogens is 2. The number of anilines is 1. The minimum atomic E-state index is -1.28. The molecule has 3 fully saturated rings. The summed E-state index contributed by atoms with van der Waals surface area (Å²) in [6, 6.07) is 6.31. The van der Waals surface area contributed by atoms with Gasteiger partial charge in [0.05, 0.1) is 30.9 Å². The monoisotopic (exact) mass is 640 g/mol. The normalized spacial score (nSPS) is 25.4. The molecule has 244 valence electrons. The average Bonchev–Trinajstić information content (AvgIpc) is 3.46. The summed E-state index contributed by atoms with van der Waals surface area (Å²) in [5, 5.41) is 22.2. The number of alkyl halides is 1. The van der Waals surface area contributed by atoms with Crippen LogP contribution in [-0.4, -0.2) is 88.4 Å². The van der Waals surface area contributed by atoms with E-state index in [1.165, 1.54) is 24.3 Å². The van der Waals surface area contributed by atoms with Gasteiger partial charge in [-0.3, -0.25) is 4.90 Å². The number of aryl methyl sites for hydroxylation is 1. The molecule has 4 heterocycles. The highest BCUT2D eigenvalue weighted by atomic mass is 19.1. The van der Waals surface area contributed by atoms with Crippen molar-refractivity contribution in [3.8, 4) is 22.9 Å². The third kappa shape index (κ3) is 5.29. The lowest BCUT2D eigenvalue weighted by atomic mass is 9.91. The number of fused-ring (bicyclic) bond motifs is 3. The van der Waals surface area contributed by atoms with Crippen LogP contribution in [0.25, 0.3) is 32.8 Å². The molecule has 3 atom stereocenters. The number of hydrogen-bond acceptors (Lipinski definition) is 8. The molecular formula is C34H36F4N4O4. The topological polar surface area (TPSA) is 91.2 Å². The highest BCUT2D eigenvalue weighted by molar-refractivity contribution is 6.03. The third-order valence-electron chi connectivity index (χ3n) is 9.60. The fraction of sp³-hybridized carbons (Fsp3) is 0.471. The number of hydrogen-bond donors (Lipinski definition) is 2. The standard InChI is InChI=1S/C34H36F4N4O4/c1-3-22-25(36)6-5-19-11-21(43)12-23(27(19)22)28-26(37)13-24-30(29(28)38)39-32(40-31(24)41-9-10-45-17-33(2,44)16-41)46-18-34-7-4-8-42(34)15-20(35)14-34/h5-6,11-13,20,43-44H,3-4,7-10,14-18H2,1-2H3/t20-,33?,34+/m1/s1. The van der Waals surface area contributed by atoms with E-state index < -0.39 is 40.3 Å². The number of β-amino-alcohol motifs (C(OH)–C–C–N with tert-alkyl or cyclic N) is 1. The number of phenolic OH excluding ortho intramolecular Hbond substituents is 1. The number of benzene rings is 3. The maximum atomic E-state index is 16.9. The molecule has 2 N–H and O–H groups in total. The first kappa shape index (κ1) is 30.9. The van der Waals surface area contributed by atoms with Gasteiger partial charge in [0.2, 0.25) is 0 Å². The second-order valence-corrected chi connectivity index (χ2v) is 13.1. The highest BCUT2D eigenvalue weighted by Crippen LogP contribution is 2.43. The lowest BCUT2D eigenvalue weighted by Gasteiger charge is -2.31. The fourth-order valence-electron chi connectivity index (χ4n) is 7.59. The van der Waals surface area contributed by atoms with E-state index in [1.807, 2.05) is 0 Å². The summed E-state index contributed by atoms with van der Waals surface area (Å²) in [5.74, 6) is -2.61. The van der Waals surface area contributed by atoms with Gasteiger partial charge in [0, 0.05) is 24.9 Å². The van der Waals surface area contributed by atoms with Crippen LogP contribution in [0.15, 0.2) is 30.3 Å². The first-order valence-corrected chi connectivity index (χ1v) is 15.7. The summed E-state index contributed by atoms with van der Waals surface area (Å²) >= 11 is 0. The lowest BCUT2D eigenvalue weighted by Crippen LogP contribution is -2.44. The Morgan fingerprint density at radius 1 is 1.11 bits per heavy atom. The molecule has 7 rings (SSSR count). The van der Waals surface area contributed by atoms with Gasteiger partial charge in [-0.05, 0) is 78.9 Å². The van der Waals surface area contributed by atoms with Crippen LogP contribution < -0.4 is 9.64 Å². The van der Waals surface area contributed by atoms with Gasteiger partial charge >= 0.3 is 6.01 Å². The number of rotatable bonds is 6. The van der Waals surface area contributed by atoms with Crippen LogP contribution in [0.1, 0.15) is 38.7 Å². The number of nitrogens with zero attached hydrogens (tertiary/aromatic N) is 4. The van der Waals surface area contributed by atoms with E-state index in [-0.39, 0.29) is 84.3 Å². The first-order chi connectivity index (χ1) is 22.0. The maximum absolute atomic E-state index is 16.9. The minimum absolute atomic E-state index is 0.0163. The minimum Gasteiger partial charge on any atom is -0.508 e. The number of aromatic hydroxyl groups is 1. The Bertz CT molecular complexity index is 1840. The third-order valence-corrected chi connectivity index (χ3v) is 9.60.